The molecule has 1 saturated heterocycles. The number of amides is 1. The molecular formula is C17H23ClN4O2S. The van der Waals surface area contributed by atoms with Crippen LogP contribution in [0.5, 0.6) is 0 Å². The van der Waals surface area contributed by atoms with E-state index in [1.165, 1.54) is 11.3 Å². The zero-order valence-corrected chi connectivity index (χ0v) is 16.5. The topological polar surface area (TPSA) is 67.4 Å². The average molecular weight is 383 g/mol. The molecule has 1 N–H and O–H groups in total. The van der Waals surface area contributed by atoms with Gasteiger partial charge in [0.05, 0.1) is 9.72 Å². The molecule has 3 heterocycles. The molecule has 0 bridgehead atoms. The lowest BCUT2D eigenvalue weighted by molar-refractivity contribution is 0.0210. The Labute approximate surface area is 156 Å². The molecule has 8 heteroatoms. The average Bonchev–Trinajstić information content (AvgIpc) is 2.82. The predicted octanol–water partition coefficient (Wildman–Crippen LogP) is 4.46. The Morgan fingerprint density at radius 1 is 1.36 bits per heavy atom. The minimum Gasteiger partial charge on any atom is -0.444 e. The van der Waals surface area contributed by atoms with Crippen LogP contribution in [0, 0.1) is 6.92 Å². The second kappa shape index (κ2) is 6.96. The minimum absolute atomic E-state index is 0.240. The van der Waals surface area contributed by atoms with Crippen molar-refractivity contribution in [3.05, 3.63) is 16.2 Å². The summed E-state index contributed by atoms with van der Waals surface area (Å²) in [5, 5.41) is 4.50. The zero-order chi connectivity index (χ0) is 18.2. The Bertz CT molecular complexity index is 779. The highest BCUT2D eigenvalue weighted by atomic mass is 35.5. The summed E-state index contributed by atoms with van der Waals surface area (Å²) >= 11 is 7.71. The molecule has 1 aliphatic rings. The van der Waals surface area contributed by atoms with Crippen LogP contribution < -0.4 is 5.32 Å². The molecule has 0 radical (unpaired) electrons. The molecule has 1 fully saturated rings. The Hall–Kier alpha value is -1.60. The fraction of sp³-hybridized carbons (Fsp3) is 0.588. The standard InChI is InChI=1S/C17H23ClN4O2S/c1-10-12-14(19-9-20-15(12)25-13(10)18)21-11-5-7-22(8-6-11)16(23)24-17(2,3)4/h9,11H,5-8H2,1-4H3,(H,19,20,21). The number of nitrogens with zero attached hydrogens (tertiary/aromatic N) is 3. The van der Waals surface area contributed by atoms with Gasteiger partial charge in [0.15, 0.2) is 0 Å². The number of anilines is 1. The molecule has 0 spiro atoms. The van der Waals surface area contributed by atoms with E-state index in [9.17, 15) is 4.79 Å². The molecule has 0 unspecified atom stereocenters. The number of carbonyl (C=O) groups is 1. The SMILES string of the molecule is Cc1c(Cl)sc2ncnc(NC3CCN(C(=O)OC(C)(C)C)CC3)c12. The van der Waals surface area contributed by atoms with Gasteiger partial charge in [0.25, 0.3) is 0 Å². The largest absolute Gasteiger partial charge is 0.444 e. The number of halogens is 1. The highest BCUT2D eigenvalue weighted by Gasteiger charge is 2.27. The van der Waals surface area contributed by atoms with Crippen LogP contribution >= 0.6 is 22.9 Å². The summed E-state index contributed by atoms with van der Waals surface area (Å²) in [6.07, 6.45) is 3.02. The quantitative estimate of drug-likeness (QED) is 0.830. The third kappa shape index (κ3) is 4.15. The first-order chi connectivity index (χ1) is 11.7. The van der Waals surface area contributed by atoms with Crippen LogP contribution in [0.25, 0.3) is 10.2 Å². The monoisotopic (exact) mass is 382 g/mol. The fourth-order valence-corrected chi connectivity index (χ4v) is 4.07. The van der Waals surface area contributed by atoms with E-state index in [1.807, 2.05) is 27.7 Å². The van der Waals surface area contributed by atoms with E-state index < -0.39 is 5.60 Å². The highest BCUT2D eigenvalue weighted by Crippen LogP contribution is 2.36. The number of aromatic nitrogens is 2. The fourth-order valence-electron chi connectivity index (χ4n) is 2.88. The summed E-state index contributed by atoms with van der Waals surface area (Å²) in [7, 11) is 0. The maximum absolute atomic E-state index is 12.2. The minimum atomic E-state index is -0.464. The van der Waals surface area contributed by atoms with Gasteiger partial charge in [-0.3, -0.25) is 0 Å². The number of ether oxygens (including phenoxy) is 1. The van der Waals surface area contributed by atoms with E-state index in [1.54, 1.807) is 11.2 Å². The number of aryl methyl sites for hydroxylation is 1. The number of carbonyl (C=O) groups excluding carboxylic acids is 1. The molecule has 0 atom stereocenters. The van der Waals surface area contributed by atoms with Crippen molar-refractivity contribution in [3.8, 4) is 0 Å². The third-order valence-corrected chi connectivity index (χ3v) is 5.66. The van der Waals surface area contributed by atoms with Gasteiger partial charge in [0.2, 0.25) is 0 Å². The molecule has 1 aliphatic heterocycles. The van der Waals surface area contributed by atoms with Gasteiger partial charge >= 0.3 is 6.09 Å². The molecule has 0 aromatic carbocycles. The van der Waals surface area contributed by atoms with E-state index in [4.69, 9.17) is 16.3 Å². The van der Waals surface area contributed by atoms with Gasteiger partial charge in [-0.2, -0.15) is 0 Å². The zero-order valence-electron chi connectivity index (χ0n) is 14.9. The van der Waals surface area contributed by atoms with Crippen molar-refractivity contribution in [2.75, 3.05) is 18.4 Å². The molecule has 25 heavy (non-hydrogen) atoms. The summed E-state index contributed by atoms with van der Waals surface area (Å²) in [5.74, 6) is 0.821. The van der Waals surface area contributed by atoms with E-state index in [0.29, 0.717) is 13.1 Å². The van der Waals surface area contributed by atoms with Crippen LogP contribution in [0.2, 0.25) is 4.34 Å². The van der Waals surface area contributed by atoms with Crippen LogP contribution in [0.1, 0.15) is 39.2 Å². The Kier molecular flexibility index (Phi) is 5.06. The van der Waals surface area contributed by atoms with E-state index in [0.717, 1.165) is 38.8 Å². The Morgan fingerprint density at radius 3 is 2.68 bits per heavy atom. The van der Waals surface area contributed by atoms with E-state index >= 15 is 0 Å². The number of nitrogens with one attached hydrogen (secondary N) is 1. The lowest BCUT2D eigenvalue weighted by Crippen LogP contribution is -2.44. The maximum atomic E-state index is 12.2. The van der Waals surface area contributed by atoms with Crippen molar-refractivity contribution in [1.82, 2.24) is 14.9 Å². The first-order valence-electron chi connectivity index (χ1n) is 8.38. The number of fused-ring (bicyclic) bond motifs is 1. The van der Waals surface area contributed by atoms with Crippen molar-refractivity contribution in [2.24, 2.45) is 0 Å². The van der Waals surface area contributed by atoms with E-state index in [2.05, 4.69) is 15.3 Å². The number of rotatable bonds is 2. The maximum Gasteiger partial charge on any atom is 0.410 e. The second-order valence-electron chi connectivity index (χ2n) is 7.29. The molecule has 3 rings (SSSR count). The van der Waals surface area contributed by atoms with Gasteiger partial charge in [-0.05, 0) is 46.1 Å². The van der Waals surface area contributed by atoms with Gasteiger partial charge in [0.1, 0.15) is 22.6 Å². The number of thiophene rings is 1. The summed E-state index contributed by atoms with van der Waals surface area (Å²) in [5.41, 5.74) is 0.546. The molecule has 2 aromatic rings. The normalized spacial score (nSPS) is 16.3. The Balaban J connectivity index is 1.64. The van der Waals surface area contributed by atoms with Gasteiger partial charge in [-0.25, -0.2) is 14.8 Å². The predicted molar refractivity (Wildman–Crippen MR) is 102 cm³/mol. The lowest BCUT2D eigenvalue weighted by Gasteiger charge is -2.34. The number of likely N-dealkylation sites (tertiary alicyclic amines) is 1. The molecule has 6 nitrogen and oxygen atoms in total. The first-order valence-corrected chi connectivity index (χ1v) is 9.58. The molecule has 1 amide bonds. The number of hydrogen-bond donors (Lipinski definition) is 1. The summed E-state index contributed by atoms with van der Waals surface area (Å²) in [4.78, 5) is 23.5. The van der Waals surface area contributed by atoms with Gasteiger partial charge in [-0.15, -0.1) is 11.3 Å². The second-order valence-corrected chi connectivity index (χ2v) is 8.89. The van der Waals surface area contributed by atoms with Crippen molar-refractivity contribution in [1.29, 1.82) is 0 Å². The molecule has 136 valence electrons. The molecule has 0 saturated carbocycles. The molecule has 0 aliphatic carbocycles. The smallest absolute Gasteiger partial charge is 0.410 e. The highest BCUT2D eigenvalue weighted by molar-refractivity contribution is 7.22. The van der Waals surface area contributed by atoms with Crippen molar-refractivity contribution < 1.29 is 9.53 Å². The summed E-state index contributed by atoms with van der Waals surface area (Å²) < 4.78 is 6.19. The number of piperidine rings is 1. The van der Waals surface area contributed by atoms with Crippen LogP contribution in [0.15, 0.2) is 6.33 Å². The molecule has 2 aromatic heterocycles. The van der Waals surface area contributed by atoms with Crippen molar-refractivity contribution in [2.45, 2.75) is 52.2 Å². The molecular weight excluding hydrogens is 360 g/mol. The van der Waals surface area contributed by atoms with E-state index in [-0.39, 0.29) is 12.1 Å². The van der Waals surface area contributed by atoms with Gasteiger partial charge in [-0.1, -0.05) is 11.6 Å². The van der Waals surface area contributed by atoms with Crippen LogP contribution in [0.4, 0.5) is 10.6 Å². The van der Waals surface area contributed by atoms with Gasteiger partial charge < -0.3 is 15.0 Å². The van der Waals surface area contributed by atoms with Crippen molar-refractivity contribution >= 4 is 45.1 Å². The first kappa shape index (κ1) is 18.2. The van der Waals surface area contributed by atoms with Crippen molar-refractivity contribution in [3.63, 3.8) is 0 Å². The van der Waals surface area contributed by atoms with Crippen LogP contribution in [-0.4, -0.2) is 45.7 Å². The summed E-state index contributed by atoms with van der Waals surface area (Å²) in [6.45, 7) is 8.98. The number of hydrogen-bond acceptors (Lipinski definition) is 6. The van der Waals surface area contributed by atoms with Crippen LogP contribution in [-0.2, 0) is 4.74 Å². The lowest BCUT2D eigenvalue weighted by atomic mass is 10.1. The Morgan fingerprint density at radius 2 is 2.04 bits per heavy atom. The summed E-state index contributed by atoms with van der Waals surface area (Å²) in [6, 6.07) is 0.259. The third-order valence-electron chi connectivity index (χ3n) is 4.16. The van der Waals surface area contributed by atoms with Gasteiger partial charge in [0, 0.05) is 19.1 Å². The van der Waals surface area contributed by atoms with Crippen LogP contribution in [0.3, 0.4) is 0 Å².